The molecular weight excluding hydrogens is 686 g/mol. The van der Waals surface area contributed by atoms with Crippen LogP contribution < -0.4 is 21.8 Å². The summed E-state index contributed by atoms with van der Waals surface area (Å²) in [6, 6.07) is 11.1. The van der Waals surface area contributed by atoms with Crippen molar-refractivity contribution in [2.45, 2.75) is 6.92 Å². The second-order valence-corrected chi connectivity index (χ2v) is 10.5. The van der Waals surface area contributed by atoms with Crippen LogP contribution in [0.4, 0.5) is 31.5 Å². The molecule has 0 saturated heterocycles. The maximum absolute atomic E-state index is 13.9. The number of esters is 1. The highest BCUT2D eigenvalue weighted by Gasteiger charge is 2.17. The largest absolute Gasteiger partial charge is 0.478 e. The van der Waals surface area contributed by atoms with Crippen molar-refractivity contribution in [2.75, 3.05) is 17.2 Å². The van der Waals surface area contributed by atoms with Crippen LogP contribution >= 0.6 is 31.9 Å². The fourth-order valence-corrected chi connectivity index (χ4v) is 4.15. The molecule has 0 bridgehead atoms. The lowest BCUT2D eigenvalue weighted by Crippen LogP contribution is -2.20. The molecule has 4 aromatic rings. The van der Waals surface area contributed by atoms with Gasteiger partial charge in [-0.15, -0.1) is 0 Å². The van der Waals surface area contributed by atoms with E-state index in [0.717, 1.165) is 10.6 Å². The van der Waals surface area contributed by atoms with Gasteiger partial charge in [0.2, 0.25) is 0 Å². The lowest BCUT2D eigenvalue weighted by molar-refractivity contribution is 0.0526. The van der Waals surface area contributed by atoms with Crippen LogP contribution in [0.2, 0.25) is 0 Å². The number of benzene rings is 2. The number of nitrogens with zero attached hydrogens (tertiary/aromatic N) is 2. The minimum Gasteiger partial charge on any atom is -0.478 e. The van der Waals surface area contributed by atoms with E-state index in [2.05, 4.69) is 42.5 Å². The molecule has 0 aliphatic rings. The molecule has 2 aromatic heterocycles. The summed E-state index contributed by atoms with van der Waals surface area (Å²) in [5.74, 6) is -2.86. The van der Waals surface area contributed by atoms with Crippen molar-refractivity contribution in [2.24, 2.45) is 14.1 Å². The normalized spacial score (nSPS) is 10.4. The van der Waals surface area contributed by atoms with Crippen LogP contribution in [-0.4, -0.2) is 32.8 Å². The maximum atomic E-state index is 13.9. The zero-order chi connectivity index (χ0) is 31.1. The first kappa shape index (κ1) is 32.2. The minimum absolute atomic E-state index is 0.0434. The average Bonchev–Trinajstić information content (AvgIpc) is 2.91. The number of hydrogen-bond acceptors (Lipinski definition) is 7. The molecule has 4 rings (SSSR count). The minimum atomic E-state index is -1.21. The Hall–Kier alpha value is -4.30. The van der Waals surface area contributed by atoms with Crippen molar-refractivity contribution in [3.63, 3.8) is 0 Å². The number of halogens is 4. The highest BCUT2D eigenvalue weighted by molar-refractivity contribution is 9.10. The molecule has 0 fully saturated rings. The summed E-state index contributed by atoms with van der Waals surface area (Å²) in [6.45, 7) is 1.88. The number of nitrogens with one attached hydrogen (secondary N) is 2. The maximum Gasteiger partial charge on any atom is 0.341 e. The van der Waals surface area contributed by atoms with Gasteiger partial charge in [-0.2, -0.15) is 0 Å². The Bertz CT molecular complexity index is 1770. The van der Waals surface area contributed by atoms with Crippen LogP contribution in [0.1, 0.15) is 27.6 Å². The summed E-state index contributed by atoms with van der Waals surface area (Å²) in [6.07, 6.45) is 2.54. The van der Waals surface area contributed by atoms with Crippen LogP contribution in [0.15, 0.2) is 79.5 Å². The Morgan fingerprint density at radius 2 is 1.21 bits per heavy atom. The van der Waals surface area contributed by atoms with Gasteiger partial charge in [0.1, 0.15) is 11.6 Å². The molecule has 3 N–H and O–H groups in total. The molecular formula is C28H24Br2F2N4O6. The zero-order valence-corrected chi connectivity index (χ0v) is 25.5. The summed E-state index contributed by atoms with van der Waals surface area (Å²) < 4.78 is 36.1. The van der Waals surface area contributed by atoms with Gasteiger partial charge in [0.05, 0.1) is 40.5 Å². The number of carboxylic acids is 1. The third kappa shape index (κ3) is 8.13. The van der Waals surface area contributed by atoms with Crippen molar-refractivity contribution in [3.8, 4) is 0 Å². The number of carbonyl (C=O) groups excluding carboxylic acids is 1. The van der Waals surface area contributed by atoms with Crippen molar-refractivity contribution in [3.05, 3.63) is 113 Å². The average molecular weight is 710 g/mol. The first-order valence-corrected chi connectivity index (χ1v) is 13.6. The molecule has 0 unspecified atom stereocenters. The summed E-state index contributed by atoms with van der Waals surface area (Å²) in [4.78, 5) is 46.5. The van der Waals surface area contributed by atoms with Gasteiger partial charge in [0, 0.05) is 47.6 Å². The van der Waals surface area contributed by atoms with E-state index in [1.54, 1.807) is 19.1 Å². The zero-order valence-electron chi connectivity index (χ0n) is 22.4. The number of pyridine rings is 2. The summed E-state index contributed by atoms with van der Waals surface area (Å²) in [5.41, 5.74) is -0.195. The molecule has 0 aliphatic carbocycles. The second-order valence-electron chi connectivity index (χ2n) is 8.62. The van der Waals surface area contributed by atoms with E-state index in [-0.39, 0.29) is 46.0 Å². The second kappa shape index (κ2) is 14.0. The van der Waals surface area contributed by atoms with Gasteiger partial charge in [-0.1, -0.05) is 31.9 Å². The molecule has 0 atom stereocenters. The monoisotopic (exact) mass is 708 g/mol. The van der Waals surface area contributed by atoms with Crippen molar-refractivity contribution in [1.29, 1.82) is 0 Å². The molecule has 0 saturated carbocycles. The molecule has 10 nitrogen and oxygen atoms in total. The molecule has 2 aromatic carbocycles. The van der Waals surface area contributed by atoms with Gasteiger partial charge in [-0.05, 0) is 43.3 Å². The Labute approximate surface area is 254 Å². The Morgan fingerprint density at radius 1 is 0.786 bits per heavy atom. The molecule has 0 spiro atoms. The van der Waals surface area contributed by atoms with E-state index in [1.165, 1.54) is 61.4 Å². The van der Waals surface area contributed by atoms with Gasteiger partial charge in [0.25, 0.3) is 11.1 Å². The molecule has 0 aliphatic heterocycles. The smallest absolute Gasteiger partial charge is 0.341 e. The van der Waals surface area contributed by atoms with E-state index in [1.807, 2.05) is 0 Å². The quantitative estimate of drug-likeness (QED) is 0.201. The topological polar surface area (TPSA) is 132 Å². The van der Waals surface area contributed by atoms with E-state index in [9.17, 15) is 28.0 Å². The third-order valence-electron chi connectivity index (χ3n) is 5.58. The van der Waals surface area contributed by atoms with Gasteiger partial charge < -0.3 is 29.6 Å². The molecule has 2 heterocycles. The van der Waals surface area contributed by atoms with Crippen LogP contribution in [0.3, 0.4) is 0 Å². The van der Waals surface area contributed by atoms with Crippen LogP contribution in [0.5, 0.6) is 0 Å². The number of ether oxygens (including phenoxy) is 1. The van der Waals surface area contributed by atoms with Gasteiger partial charge in [0.15, 0.2) is 0 Å². The van der Waals surface area contributed by atoms with E-state index in [0.29, 0.717) is 8.95 Å². The van der Waals surface area contributed by atoms with Crippen LogP contribution in [0, 0.1) is 11.6 Å². The fraction of sp³-hybridized carbons (Fsp3) is 0.143. The van der Waals surface area contributed by atoms with Crippen molar-refractivity contribution >= 4 is 66.5 Å². The molecule has 42 heavy (non-hydrogen) atoms. The fourth-order valence-electron chi connectivity index (χ4n) is 3.48. The van der Waals surface area contributed by atoms with Crippen LogP contribution in [0.25, 0.3) is 0 Å². The number of rotatable bonds is 7. The lowest BCUT2D eigenvalue weighted by atomic mass is 10.2. The van der Waals surface area contributed by atoms with Gasteiger partial charge in [-0.3, -0.25) is 9.59 Å². The first-order valence-electron chi connectivity index (χ1n) is 12.1. The SMILES string of the molecule is CCOC(=O)c1cn(C)c(=O)cc1Nc1ccc(Br)cc1F.Cn1cc(C(=O)O)c(Nc2ccc(Br)cc2F)cc1=O. The number of hydrogen-bond donors (Lipinski definition) is 3. The predicted molar refractivity (Wildman–Crippen MR) is 161 cm³/mol. The van der Waals surface area contributed by atoms with Crippen LogP contribution in [-0.2, 0) is 18.8 Å². The number of aromatic carboxylic acids is 1. The number of carboxylic acid groups (broad SMARTS) is 1. The summed E-state index contributed by atoms with van der Waals surface area (Å²) in [5, 5.41) is 14.5. The summed E-state index contributed by atoms with van der Waals surface area (Å²) >= 11 is 6.29. The Morgan fingerprint density at radius 3 is 1.62 bits per heavy atom. The van der Waals surface area contributed by atoms with Crippen molar-refractivity contribution in [1.82, 2.24) is 9.13 Å². The number of aryl methyl sites for hydroxylation is 2. The molecule has 220 valence electrons. The number of anilines is 4. The van der Waals surface area contributed by atoms with E-state index >= 15 is 0 Å². The predicted octanol–water partition coefficient (Wildman–Crippen LogP) is 5.94. The van der Waals surface area contributed by atoms with E-state index in [4.69, 9.17) is 9.84 Å². The first-order chi connectivity index (χ1) is 19.8. The standard InChI is InChI=1S/C15H14BrFN2O3.C13H10BrFN2O3/c1-3-22-15(21)10-8-19(2)14(20)7-13(10)18-12-5-4-9(16)6-11(12)17;1-17-6-8(13(19)20)11(5-12(17)18)16-10-3-2-7(14)4-9(10)15/h4-8,18H,3H2,1-2H3;2-6,16H,1H3,(H,19,20). The Kier molecular flexibility index (Phi) is 10.8. The van der Waals surface area contributed by atoms with Gasteiger partial charge >= 0.3 is 11.9 Å². The van der Waals surface area contributed by atoms with E-state index < -0.39 is 29.1 Å². The third-order valence-corrected chi connectivity index (χ3v) is 6.57. The highest BCUT2D eigenvalue weighted by Crippen LogP contribution is 2.26. The molecule has 0 radical (unpaired) electrons. The highest BCUT2D eigenvalue weighted by atomic mass is 79.9. The van der Waals surface area contributed by atoms with Gasteiger partial charge in [-0.25, -0.2) is 18.4 Å². The molecule has 14 heteroatoms. The molecule has 0 amide bonds. The van der Waals surface area contributed by atoms with Crippen molar-refractivity contribution < 1.29 is 28.2 Å². The summed E-state index contributed by atoms with van der Waals surface area (Å²) in [7, 11) is 2.97. The number of carbonyl (C=O) groups is 2. The number of aromatic nitrogens is 2. The lowest BCUT2D eigenvalue weighted by Gasteiger charge is -2.13. The Balaban J connectivity index is 0.000000231.